The molecule has 0 aliphatic heterocycles. The molecule has 4 nitrogen and oxygen atoms in total. The first-order chi connectivity index (χ1) is 13.4. The second kappa shape index (κ2) is 7.91. The Morgan fingerprint density at radius 1 is 0.571 bits per heavy atom. The van der Waals surface area contributed by atoms with E-state index in [2.05, 4.69) is 0 Å². The molecule has 0 aliphatic carbocycles. The second-order valence-corrected chi connectivity index (χ2v) is 5.45. The first kappa shape index (κ1) is 19.1. The SMILES string of the molecule is O=C(Oc1cccc(OC(=O)c2c(F)cccc2F)c1)c1c(F)cccc1F. The van der Waals surface area contributed by atoms with Gasteiger partial charge in [-0.1, -0.05) is 18.2 Å². The fourth-order valence-electron chi connectivity index (χ4n) is 2.30. The Morgan fingerprint density at radius 2 is 0.893 bits per heavy atom. The molecule has 0 fully saturated rings. The van der Waals surface area contributed by atoms with E-state index < -0.39 is 46.3 Å². The van der Waals surface area contributed by atoms with Gasteiger partial charge >= 0.3 is 11.9 Å². The maximum absolute atomic E-state index is 13.6. The molecule has 0 bridgehead atoms. The van der Waals surface area contributed by atoms with Gasteiger partial charge in [-0.15, -0.1) is 0 Å². The van der Waals surface area contributed by atoms with Gasteiger partial charge in [0.05, 0.1) is 0 Å². The van der Waals surface area contributed by atoms with Crippen LogP contribution in [0.2, 0.25) is 0 Å². The molecule has 0 aromatic heterocycles. The molecular weight excluding hydrogens is 380 g/mol. The van der Waals surface area contributed by atoms with Crippen molar-refractivity contribution >= 4 is 11.9 Å². The molecule has 0 aliphatic rings. The third-order valence-electron chi connectivity index (χ3n) is 3.56. The van der Waals surface area contributed by atoms with Crippen molar-refractivity contribution in [2.24, 2.45) is 0 Å². The van der Waals surface area contributed by atoms with Crippen molar-refractivity contribution in [1.29, 1.82) is 0 Å². The maximum Gasteiger partial charge on any atom is 0.349 e. The van der Waals surface area contributed by atoms with Crippen LogP contribution >= 0.6 is 0 Å². The summed E-state index contributed by atoms with van der Waals surface area (Å²) in [5.74, 6) is -7.45. The predicted molar refractivity (Wildman–Crippen MR) is 89.1 cm³/mol. The fraction of sp³-hybridized carbons (Fsp3) is 0. The van der Waals surface area contributed by atoms with Gasteiger partial charge in [-0.25, -0.2) is 27.2 Å². The van der Waals surface area contributed by atoms with Crippen molar-refractivity contribution in [3.63, 3.8) is 0 Å². The Labute approximate surface area is 155 Å². The van der Waals surface area contributed by atoms with E-state index in [4.69, 9.17) is 9.47 Å². The Morgan fingerprint density at radius 3 is 1.25 bits per heavy atom. The minimum absolute atomic E-state index is 0.202. The van der Waals surface area contributed by atoms with Crippen molar-refractivity contribution in [2.75, 3.05) is 0 Å². The van der Waals surface area contributed by atoms with Gasteiger partial charge in [0.15, 0.2) is 0 Å². The van der Waals surface area contributed by atoms with Gasteiger partial charge < -0.3 is 9.47 Å². The van der Waals surface area contributed by atoms with Crippen molar-refractivity contribution in [3.8, 4) is 11.5 Å². The standard InChI is InChI=1S/C20H10F4O4/c21-13-6-2-7-14(22)17(13)19(25)27-11-4-1-5-12(10-11)28-20(26)18-15(23)8-3-9-16(18)24/h1-10H. The Hall–Kier alpha value is -3.68. The molecule has 0 spiro atoms. The highest BCUT2D eigenvalue weighted by Crippen LogP contribution is 2.23. The van der Waals surface area contributed by atoms with Crippen molar-refractivity contribution in [1.82, 2.24) is 0 Å². The molecule has 0 radical (unpaired) electrons. The summed E-state index contributed by atoms with van der Waals surface area (Å²) < 4.78 is 64.3. The van der Waals surface area contributed by atoms with E-state index in [-0.39, 0.29) is 11.5 Å². The monoisotopic (exact) mass is 390 g/mol. The molecule has 0 N–H and O–H groups in total. The zero-order valence-electron chi connectivity index (χ0n) is 13.9. The van der Waals surface area contributed by atoms with Crippen molar-refractivity contribution < 1.29 is 36.6 Å². The van der Waals surface area contributed by atoms with Crippen LogP contribution in [0, 0.1) is 23.3 Å². The van der Waals surface area contributed by atoms with Crippen LogP contribution in [0.1, 0.15) is 20.7 Å². The fourth-order valence-corrected chi connectivity index (χ4v) is 2.30. The molecule has 0 atom stereocenters. The molecule has 3 rings (SSSR count). The van der Waals surface area contributed by atoms with Crippen molar-refractivity contribution in [2.45, 2.75) is 0 Å². The number of esters is 2. The summed E-state index contributed by atoms with van der Waals surface area (Å²) in [5, 5.41) is 0. The molecular formula is C20H10F4O4. The van der Waals surface area contributed by atoms with E-state index in [1.165, 1.54) is 18.2 Å². The third-order valence-corrected chi connectivity index (χ3v) is 3.56. The highest BCUT2D eigenvalue weighted by molar-refractivity contribution is 5.92. The molecule has 0 heterocycles. The molecule has 8 heteroatoms. The number of benzene rings is 3. The van der Waals surface area contributed by atoms with Gasteiger partial charge in [-0.05, 0) is 36.4 Å². The zero-order chi connectivity index (χ0) is 20.3. The summed E-state index contributed by atoms with van der Waals surface area (Å²) >= 11 is 0. The van der Waals surface area contributed by atoms with Crippen LogP contribution in [0.25, 0.3) is 0 Å². The highest BCUT2D eigenvalue weighted by atomic mass is 19.1. The van der Waals surface area contributed by atoms with E-state index in [1.54, 1.807) is 0 Å². The quantitative estimate of drug-likeness (QED) is 0.369. The summed E-state index contributed by atoms with van der Waals surface area (Å²) in [6, 6.07) is 10.6. The molecule has 0 saturated heterocycles. The van der Waals surface area contributed by atoms with Crippen LogP contribution in [0.15, 0.2) is 60.7 Å². The van der Waals surface area contributed by atoms with Crippen molar-refractivity contribution in [3.05, 3.63) is 95.1 Å². The van der Waals surface area contributed by atoms with E-state index in [0.29, 0.717) is 0 Å². The minimum atomic E-state index is -1.31. The lowest BCUT2D eigenvalue weighted by Crippen LogP contribution is -2.14. The van der Waals surface area contributed by atoms with E-state index >= 15 is 0 Å². The summed E-state index contributed by atoms with van der Waals surface area (Å²) in [5.41, 5.74) is -1.78. The lowest BCUT2D eigenvalue weighted by molar-refractivity contribution is 0.0723. The number of rotatable bonds is 4. The molecule has 0 amide bonds. The van der Waals surface area contributed by atoms with Gasteiger partial charge in [0.1, 0.15) is 45.9 Å². The molecule has 3 aromatic carbocycles. The second-order valence-electron chi connectivity index (χ2n) is 5.45. The Balaban J connectivity index is 1.79. The minimum Gasteiger partial charge on any atom is -0.423 e. The highest BCUT2D eigenvalue weighted by Gasteiger charge is 2.21. The lowest BCUT2D eigenvalue weighted by Gasteiger charge is -2.09. The Kier molecular flexibility index (Phi) is 5.39. The largest absolute Gasteiger partial charge is 0.423 e. The van der Waals surface area contributed by atoms with E-state index in [0.717, 1.165) is 42.5 Å². The van der Waals surface area contributed by atoms with Crippen LogP contribution in [-0.4, -0.2) is 11.9 Å². The number of halogens is 4. The molecule has 28 heavy (non-hydrogen) atoms. The zero-order valence-corrected chi connectivity index (χ0v) is 13.9. The van der Waals surface area contributed by atoms with Crippen LogP contribution in [0.4, 0.5) is 17.6 Å². The number of carbonyl (C=O) groups is 2. The molecule has 0 unspecified atom stereocenters. The van der Waals surface area contributed by atoms with E-state index in [1.807, 2.05) is 0 Å². The summed E-state index contributed by atoms with van der Waals surface area (Å²) in [6.07, 6.45) is 0. The normalized spacial score (nSPS) is 10.4. The van der Waals surface area contributed by atoms with Crippen LogP contribution in [-0.2, 0) is 0 Å². The predicted octanol–water partition coefficient (Wildman–Crippen LogP) is 4.68. The number of hydrogen-bond acceptors (Lipinski definition) is 4. The van der Waals surface area contributed by atoms with Crippen LogP contribution < -0.4 is 9.47 Å². The topological polar surface area (TPSA) is 52.6 Å². The van der Waals surface area contributed by atoms with Gasteiger partial charge in [-0.2, -0.15) is 0 Å². The van der Waals surface area contributed by atoms with Crippen LogP contribution in [0.5, 0.6) is 11.5 Å². The first-order valence-electron chi connectivity index (χ1n) is 7.79. The molecule has 142 valence electrons. The van der Waals surface area contributed by atoms with E-state index in [9.17, 15) is 27.2 Å². The third kappa shape index (κ3) is 4.01. The average molecular weight is 390 g/mol. The van der Waals surface area contributed by atoms with Gasteiger partial charge in [0.25, 0.3) is 0 Å². The average Bonchev–Trinajstić information content (AvgIpc) is 2.61. The number of hydrogen-bond donors (Lipinski definition) is 0. The summed E-state index contributed by atoms with van der Waals surface area (Å²) in [6.45, 7) is 0. The Bertz CT molecular complexity index is 945. The summed E-state index contributed by atoms with van der Waals surface area (Å²) in [7, 11) is 0. The van der Waals surface area contributed by atoms with Crippen LogP contribution in [0.3, 0.4) is 0 Å². The maximum atomic E-state index is 13.6. The van der Waals surface area contributed by atoms with Gasteiger partial charge in [0.2, 0.25) is 0 Å². The molecule has 0 saturated carbocycles. The lowest BCUT2D eigenvalue weighted by atomic mass is 10.2. The summed E-state index contributed by atoms with van der Waals surface area (Å²) in [4.78, 5) is 24.0. The number of carbonyl (C=O) groups excluding carboxylic acids is 2. The molecule has 3 aromatic rings. The van der Waals surface area contributed by atoms with Gasteiger partial charge in [0, 0.05) is 6.07 Å². The number of ether oxygens (including phenoxy) is 2. The first-order valence-corrected chi connectivity index (χ1v) is 7.79. The van der Waals surface area contributed by atoms with Gasteiger partial charge in [-0.3, -0.25) is 0 Å². The smallest absolute Gasteiger partial charge is 0.349 e.